The summed E-state index contributed by atoms with van der Waals surface area (Å²) in [6.07, 6.45) is 3.29. The number of nitrogens with one attached hydrogen (secondary N) is 1. The summed E-state index contributed by atoms with van der Waals surface area (Å²) in [6, 6.07) is 13.9. The molecule has 0 fully saturated rings. The highest BCUT2D eigenvalue weighted by Crippen LogP contribution is 2.37. The van der Waals surface area contributed by atoms with Crippen molar-refractivity contribution in [3.63, 3.8) is 0 Å². The van der Waals surface area contributed by atoms with Crippen molar-refractivity contribution in [3.8, 4) is 17.4 Å². The summed E-state index contributed by atoms with van der Waals surface area (Å²) in [7, 11) is -3.90. The van der Waals surface area contributed by atoms with Gasteiger partial charge in [0.2, 0.25) is 15.9 Å². The molecule has 0 saturated carbocycles. The molecule has 10 heteroatoms. The Bertz CT molecular complexity index is 1380. The fraction of sp³-hybridized carbons (Fsp3) is 0.308. The Morgan fingerprint density at radius 3 is 2.72 bits per heavy atom. The summed E-state index contributed by atoms with van der Waals surface area (Å²) in [5.41, 5.74) is 2.73. The van der Waals surface area contributed by atoms with E-state index in [9.17, 15) is 13.2 Å². The minimum absolute atomic E-state index is 0.00283. The normalized spacial score (nSPS) is 15.4. The van der Waals surface area contributed by atoms with Gasteiger partial charge in [-0.1, -0.05) is 38.1 Å². The number of halogens is 1. The second kappa shape index (κ2) is 11.0. The molecule has 1 heterocycles. The maximum Gasteiger partial charge on any atom is 0.341 e. The van der Waals surface area contributed by atoms with Gasteiger partial charge in [0.15, 0.2) is 6.61 Å². The number of hydrogen-bond donors (Lipinski definition) is 2. The fourth-order valence-electron chi connectivity index (χ4n) is 4.15. The number of rotatable bonds is 9. The standard InChI is InChI=1S/C26H27BrN2O6S/c1-16(2)17-6-3-7-18(12-17)35-26-22(27)13-19(14-28-26)36(32,33)29-23-10-4-9-21-20(23)8-5-11-24(21)34-15-25(30)31/h3,5-8,11-14,16,23,29H,4,9-10,15H2,1-2H3,(H,30,31). The van der Waals surface area contributed by atoms with Gasteiger partial charge < -0.3 is 14.6 Å². The number of fused-ring (bicyclic) bond motifs is 1. The zero-order valence-electron chi connectivity index (χ0n) is 19.9. The highest BCUT2D eigenvalue weighted by molar-refractivity contribution is 9.10. The van der Waals surface area contributed by atoms with Crippen LogP contribution in [0.2, 0.25) is 0 Å². The van der Waals surface area contributed by atoms with Gasteiger partial charge >= 0.3 is 5.97 Å². The molecule has 8 nitrogen and oxygen atoms in total. The molecule has 4 rings (SSSR count). The van der Waals surface area contributed by atoms with E-state index in [1.54, 1.807) is 12.1 Å². The first kappa shape index (κ1) is 26.1. The number of sulfonamides is 1. The van der Waals surface area contributed by atoms with Crippen molar-refractivity contribution in [2.75, 3.05) is 6.61 Å². The van der Waals surface area contributed by atoms with E-state index in [0.29, 0.717) is 34.7 Å². The summed E-state index contributed by atoms with van der Waals surface area (Å²) >= 11 is 3.39. The highest BCUT2D eigenvalue weighted by atomic mass is 79.9. The van der Waals surface area contributed by atoms with Crippen LogP contribution in [0.5, 0.6) is 17.4 Å². The monoisotopic (exact) mass is 574 g/mol. The van der Waals surface area contributed by atoms with Gasteiger partial charge in [-0.2, -0.15) is 0 Å². The average Bonchev–Trinajstić information content (AvgIpc) is 2.84. The molecule has 3 aromatic rings. The first-order valence-electron chi connectivity index (χ1n) is 11.6. The second-order valence-corrected chi connectivity index (χ2v) is 11.4. The summed E-state index contributed by atoms with van der Waals surface area (Å²) in [5.74, 6) is 0.610. The summed E-state index contributed by atoms with van der Waals surface area (Å²) in [5, 5.41) is 8.93. The SMILES string of the molecule is CC(C)c1cccc(Oc2ncc(S(=O)(=O)NC3CCCc4c(OCC(=O)O)cccc43)cc2Br)c1. The van der Waals surface area contributed by atoms with Gasteiger partial charge in [-0.3, -0.25) is 0 Å². The van der Waals surface area contributed by atoms with Crippen LogP contribution in [-0.4, -0.2) is 31.1 Å². The lowest BCUT2D eigenvalue weighted by Crippen LogP contribution is -2.31. The molecule has 1 atom stereocenters. The van der Waals surface area contributed by atoms with Gasteiger partial charge in [-0.05, 0) is 82.1 Å². The Balaban J connectivity index is 1.53. The van der Waals surface area contributed by atoms with E-state index in [2.05, 4.69) is 39.5 Å². The maximum atomic E-state index is 13.2. The Labute approximate surface area is 218 Å². The van der Waals surface area contributed by atoms with Crippen LogP contribution in [0.4, 0.5) is 0 Å². The van der Waals surface area contributed by atoms with Crippen molar-refractivity contribution >= 4 is 31.9 Å². The van der Waals surface area contributed by atoms with Crippen LogP contribution in [0.15, 0.2) is 64.1 Å². The molecule has 0 saturated heterocycles. The van der Waals surface area contributed by atoms with Gasteiger partial charge in [0, 0.05) is 6.04 Å². The van der Waals surface area contributed by atoms with Crippen molar-refractivity contribution in [1.82, 2.24) is 9.71 Å². The van der Waals surface area contributed by atoms with Crippen molar-refractivity contribution in [1.29, 1.82) is 0 Å². The van der Waals surface area contributed by atoms with Crippen molar-refractivity contribution < 1.29 is 27.8 Å². The molecule has 36 heavy (non-hydrogen) atoms. The van der Waals surface area contributed by atoms with Crippen LogP contribution in [0.25, 0.3) is 0 Å². The summed E-state index contributed by atoms with van der Waals surface area (Å²) in [6.45, 7) is 3.73. The van der Waals surface area contributed by atoms with Crippen LogP contribution in [-0.2, 0) is 21.2 Å². The lowest BCUT2D eigenvalue weighted by molar-refractivity contribution is -0.139. The number of hydrogen-bond acceptors (Lipinski definition) is 6. The topological polar surface area (TPSA) is 115 Å². The molecular formula is C26H27BrN2O6S. The quantitative estimate of drug-likeness (QED) is 0.342. The zero-order chi connectivity index (χ0) is 25.9. The molecule has 2 N–H and O–H groups in total. The van der Waals surface area contributed by atoms with Gasteiger partial charge in [-0.15, -0.1) is 0 Å². The molecule has 1 unspecified atom stereocenters. The van der Waals surface area contributed by atoms with Crippen LogP contribution < -0.4 is 14.2 Å². The highest BCUT2D eigenvalue weighted by Gasteiger charge is 2.28. The molecule has 0 bridgehead atoms. The van der Waals surface area contributed by atoms with Crippen LogP contribution in [0.3, 0.4) is 0 Å². The van der Waals surface area contributed by atoms with Crippen LogP contribution in [0.1, 0.15) is 55.3 Å². The van der Waals surface area contributed by atoms with Gasteiger partial charge in [0.25, 0.3) is 0 Å². The molecule has 0 aliphatic heterocycles. The predicted octanol–water partition coefficient (Wildman–Crippen LogP) is 5.58. The first-order chi connectivity index (χ1) is 17.1. The largest absolute Gasteiger partial charge is 0.482 e. The van der Waals surface area contributed by atoms with Gasteiger partial charge in [0.1, 0.15) is 16.4 Å². The van der Waals surface area contributed by atoms with E-state index in [1.165, 1.54) is 12.3 Å². The third-order valence-corrected chi connectivity index (χ3v) is 7.95. The number of benzene rings is 2. The molecule has 0 amide bonds. The second-order valence-electron chi connectivity index (χ2n) is 8.86. The molecule has 2 aromatic carbocycles. The minimum atomic E-state index is -3.90. The smallest absolute Gasteiger partial charge is 0.341 e. The zero-order valence-corrected chi connectivity index (χ0v) is 22.3. The Morgan fingerprint density at radius 2 is 2.00 bits per heavy atom. The number of carbonyl (C=O) groups is 1. The minimum Gasteiger partial charge on any atom is -0.482 e. The first-order valence-corrected chi connectivity index (χ1v) is 13.8. The van der Waals surface area contributed by atoms with Crippen LogP contribution >= 0.6 is 15.9 Å². The number of carboxylic acids is 1. The lowest BCUT2D eigenvalue weighted by Gasteiger charge is -2.27. The van der Waals surface area contributed by atoms with E-state index in [-0.39, 0.29) is 10.8 Å². The van der Waals surface area contributed by atoms with Gasteiger partial charge in [0.05, 0.1) is 10.7 Å². The Morgan fingerprint density at radius 1 is 1.22 bits per heavy atom. The van der Waals surface area contributed by atoms with E-state index >= 15 is 0 Å². The maximum absolute atomic E-state index is 13.2. The molecule has 0 spiro atoms. The van der Waals surface area contributed by atoms with E-state index < -0.39 is 28.6 Å². The Hall–Kier alpha value is -2.95. The molecule has 1 aromatic heterocycles. The van der Waals surface area contributed by atoms with Gasteiger partial charge in [-0.25, -0.2) is 22.9 Å². The molecule has 1 aliphatic rings. The molecule has 0 radical (unpaired) electrons. The number of aliphatic carboxylic acids is 1. The van der Waals surface area contributed by atoms with E-state index in [0.717, 1.165) is 23.1 Å². The summed E-state index contributed by atoms with van der Waals surface area (Å²) < 4.78 is 41.0. The summed E-state index contributed by atoms with van der Waals surface area (Å²) in [4.78, 5) is 15.2. The number of nitrogens with zero attached hydrogens (tertiary/aromatic N) is 1. The van der Waals surface area contributed by atoms with Crippen LogP contribution in [0, 0.1) is 0 Å². The Kier molecular flexibility index (Phi) is 7.97. The van der Waals surface area contributed by atoms with Crippen molar-refractivity contribution in [2.45, 2.75) is 50.0 Å². The third kappa shape index (κ3) is 6.05. The molecule has 190 valence electrons. The third-order valence-electron chi connectivity index (χ3n) is 5.94. The molecule has 1 aliphatic carbocycles. The number of ether oxygens (including phenoxy) is 2. The van der Waals surface area contributed by atoms with E-state index in [1.807, 2.05) is 30.3 Å². The fourth-order valence-corrected chi connectivity index (χ4v) is 5.95. The van der Waals surface area contributed by atoms with Crippen molar-refractivity contribution in [2.24, 2.45) is 0 Å². The average molecular weight is 575 g/mol. The molecular weight excluding hydrogens is 548 g/mol. The lowest BCUT2D eigenvalue weighted by atomic mass is 9.87. The van der Waals surface area contributed by atoms with E-state index in [4.69, 9.17) is 14.6 Å². The predicted molar refractivity (Wildman–Crippen MR) is 138 cm³/mol. The van der Waals surface area contributed by atoms with Crippen molar-refractivity contribution in [3.05, 3.63) is 75.9 Å². The number of aromatic nitrogens is 1. The number of carboxylic acid groups (broad SMARTS) is 1. The number of pyridine rings is 1.